The Morgan fingerprint density at radius 1 is 0.568 bits per heavy atom. The summed E-state index contributed by atoms with van der Waals surface area (Å²) in [5.41, 5.74) is 0.895. The van der Waals surface area contributed by atoms with Crippen LogP contribution in [0, 0.1) is 0 Å². The molecule has 214 valence electrons. The Morgan fingerprint density at radius 2 is 0.946 bits per heavy atom. The molecule has 0 aromatic carbocycles. The summed E-state index contributed by atoms with van der Waals surface area (Å²) in [4.78, 5) is 11.6. The fourth-order valence-electron chi connectivity index (χ4n) is 5.22. The molecule has 0 aromatic heterocycles. The van der Waals surface area contributed by atoms with Crippen molar-refractivity contribution in [1.82, 2.24) is 0 Å². The van der Waals surface area contributed by atoms with Gasteiger partial charge in [0.15, 0.2) is 0 Å². The van der Waals surface area contributed by atoms with Crippen LogP contribution in [0.15, 0.2) is 36.0 Å². The second kappa shape index (κ2) is 26.3. The molecule has 2 nitrogen and oxygen atoms in total. The highest BCUT2D eigenvalue weighted by Gasteiger charge is 2.21. The van der Waals surface area contributed by atoms with Gasteiger partial charge in [0, 0.05) is 5.57 Å². The topological polar surface area (TPSA) is 26.3 Å². The first-order chi connectivity index (χ1) is 18.2. The molecule has 0 unspecified atom stereocenters. The average molecular weight is 515 g/mol. The van der Waals surface area contributed by atoms with Gasteiger partial charge < -0.3 is 4.74 Å². The van der Waals surface area contributed by atoms with E-state index in [1.54, 1.807) is 0 Å². The van der Waals surface area contributed by atoms with Crippen molar-refractivity contribution >= 4 is 5.97 Å². The predicted molar refractivity (Wildman–Crippen MR) is 163 cm³/mol. The van der Waals surface area contributed by atoms with Gasteiger partial charge in [-0.2, -0.15) is 0 Å². The van der Waals surface area contributed by atoms with Crippen molar-refractivity contribution in [1.29, 1.82) is 0 Å². The number of hydrogen-bond acceptors (Lipinski definition) is 2. The van der Waals surface area contributed by atoms with Crippen molar-refractivity contribution in [3.63, 3.8) is 0 Å². The van der Waals surface area contributed by atoms with E-state index in [0.717, 1.165) is 18.4 Å². The number of cyclic esters (lactones) is 1. The highest BCUT2D eigenvalue weighted by molar-refractivity contribution is 5.90. The minimum Gasteiger partial charge on any atom is -0.455 e. The molecule has 0 aromatic rings. The normalized spacial score (nSPS) is 15.8. The van der Waals surface area contributed by atoms with E-state index in [-0.39, 0.29) is 12.1 Å². The zero-order valence-corrected chi connectivity index (χ0v) is 25.0. The lowest BCUT2D eigenvalue weighted by Crippen LogP contribution is -2.03. The molecule has 0 bridgehead atoms. The van der Waals surface area contributed by atoms with Gasteiger partial charge in [-0.3, -0.25) is 0 Å². The van der Waals surface area contributed by atoms with Gasteiger partial charge in [-0.25, -0.2) is 4.79 Å². The number of hydrogen-bond donors (Lipinski definition) is 0. The summed E-state index contributed by atoms with van der Waals surface area (Å²) >= 11 is 0. The molecule has 0 saturated heterocycles. The lowest BCUT2D eigenvalue weighted by Gasteiger charge is -2.02. The van der Waals surface area contributed by atoms with E-state index in [1.165, 1.54) is 148 Å². The van der Waals surface area contributed by atoms with Crippen LogP contribution in [0.25, 0.3) is 0 Å². The second-order valence-electron chi connectivity index (χ2n) is 11.4. The molecule has 0 spiro atoms. The van der Waals surface area contributed by atoms with E-state index in [9.17, 15) is 4.79 Å². The molecule has 1 aliphatic heterocycles. The Labute approximate surface area is 231 Å². The maximum absolute atomic E-state index is 11.6. The Bertz CT molecular complexity index is 600. The quantitative estimate of drug-likeness (QED) is 0.0619. The van der Waals surface area contributed by atoms with Crippen LogP contribution in [-0.4, -0.2) is 12.1 Å². The second-order valence-corrected chi connectivity index (χ2v) is 11.4. The van der Waals surface area contributed by atoms with Gasteiger partial charge in [-0.05, 0) is 64.4 Å². The van der Waals surface area contributed by atoms with Gasteiger partial charge in [0.1, 0.15) is 6.10 Å². The Kier molecular flexibility index (Phi) is 24.0. The van der Waals surface area contributed by atoms with Crippen molar-refractivity contribution in [2.24, 2.45) is 0 Å². The summed E-state index contributed by atoms with van der Waals surface area (Å²) < 4.78 is 5.15. The van der Waals surface area contributed by atoms with Crippen LogP contribution in [0.4, 0.5) is 0 Å². The summed E-state index contributed by atoms with van der Waals surface area (Å²) in [5, 5.41) is 0. The third kappa shape index (κ3) is 22.4. The molecule has 0 fully saturated rings. The van der Waals surface area contributed by atoms with E-state index < -0.39 is 0 Å². The number of esters is 1. The predicted octanol–water partition coefficient (Wildman–Crippen LogP) is 11.7. The Balaban J connectivity index is 1.72. The van der Waals surface area contributed by atoms with Gasteiger partial charge >= 0.3 is 5.97 Å². The Hall–Kier alpha value is -1.31. The minimum absolute atomic E-state index is 0.0204. The largest absolute Gasteiger partial charge is 0.455 e. The molecule has 1 atom stereocenters. The molecule has 0 N–H and O–H groups in total. The molecule has 1 rings (SSSR count). The minimum atomic E-state index is -0.0944. The van der Waals surface area contributed by atoms with Crippen molar-refractivity contribution in [3.05, 3.63) is 36.0 Å². The van der Waals surface area contributed by atoms with Crippen LogP contribution in [0.1, 0.15) is 174 Å². The van der Waals surface area contributed by atoms with Crippen LogP contribution >= 0.6 is 0 Å². The lowest BCUT2D eigenvalue weighted by molar-refractivity contribution is -0.139. The number of carbonyl (C=O) groups is 1. The lowest BCUT2D eigenvalue weighted by atomic mass is 10.0. The van der Waals surface area contributed by atoms with Gasteiger partial charge in [0.05, 0.1) is 0 Å². The molecule has 2 heteroatoms. The van der Waals surface area contributed by atoms with Gasteiger partial charge in [-0.1, -0.05) is 140 Å². The van der Waals surface area contributed by atoms with Crippen molar-refractivity contribution in [3.8, 4) is 0 Å². The molecular weight excluding hydrogens is 452 g/mol. The third-order valence-electron chi connectivity index (χ3n) is 7.62. The Morgan fingerprint density at radius 3 is 1.35 bits per heavy atom. The highest BCUT2D eigenvalue weighted by atomic mass is 16.5. The van der Waals surface area contributed by atoms with E-state index in [2.05, 4.69) is 31.2 Å². The molecule has 0 aliphatic carbocycles. The SMILES string of the molecule is CCCCCCCCCCCCCC/C=C\CC/C=C\CCCCCCCCCCC1=C[C@H](C)OC1=O. The van der Waals surface area contributed by atoms with E-state index in [0.29, 0.717) is 0 Å². The van der Waals surface area contributed by atoms with E-state index in [4.69, 9.17) is 4.74 Å². The molecular formula is C35H62O2. The van der Waals surface area contributed by atoms with E-state index >= 15 is 0 Å². The van der Waals surface area contributed by atoms with Crippen molar-refractivity contribution < 1.29 is 9.53 Å². The first-order valence-corrected chi connectivity index (χ1v) is 16.5. The summed E-state index contributed by atoms with van der Waals surface area (Å²) in [6.45, 7) is 4.23. The standard InChI is InChI=1S/C35H62O2/c1-3-4-5-6-7-8-9-10-11-12-13-14-15-16-17-18-19-20-21-22-23-24-25-26-27-28-29-30-31-34-32-33(2)37-35(34)36/h16-17,20-21,32-33H,3-15,18-19,22-31H2,1-2H3/b17-16-,21-20-/t33-/m0/s1. The molecule has 0 saturated carbocycles. The van der Waals surface area contributed by atoms with E-state index in [1.807, 2.05) is 13.0 Å². The fraction of sp³-hybridized carbons (Fsp3) is 0.800. The highest BCUT2D eigenvalue weighted by Crippen LogP contribution is 2.20. The maximum atomic E-state index is 11.6. The van der Waals surface area contributed by atoms with Gasteiger partial charge in [0.25, 0.3) is 0 Å². The number of allylic oxidation sites excluding steroid dienone is 4. The number of ether oxygens (including phenoxy) is 1. The first-order valence-electron chi connectivity index (χ1n) is 16.5. The molecule has 1 heterocycles. The van der Waals surface area contributed by atoms with Gasteiger partial charge in [0.2, 0.25) is 0 Å². The smallest absolute Gasteiger partial charge is 0.334 e. The molecule has 0 amide bonds. The number of unbranched alkanes of at least 4 members (excludes halogenated alkanes) is 21. The first kappa shape index (κ1) is 33.7. The third-order valence-corrected chi connectivity index (χ3v) is 7.62. The maximum Gasteiger partial charge on any atom is 0.334 e. The molecule has 0 radical (unpaired) electrons. The van der Waals surface area contributed by atoms with Crippen LogP contribution in [-0.2, 0) is 9.53 Å². The zero-order valence-electron chi connectivity index (χ0n) is 25.0. The summed E-state index contributed by atoms with van der Waals surface area (Å²) in [7, 11) is 0. The number of rotatable bonds is 27. The van der Waals surface area contributed by atoms with Crippen molar-refractivity contribution in [2.75, 3.05) is 0 Å². The van der Waals surface area contributed by atoms with Crippen LogP contribution < -0.4 is 0 Å². The fourth-order valence-corrected chi connectivity index (χ4v) is 5.22. The zero-order chi connectivity index (χ0) is 26.7. The summed E-state index contributed by atoms with van der Waals surface area (Å²) in [5.74, 6) is -0.0944. The molecule has 1 aliphatic rings. The summed E-state index contributed by atoms with van der Waals surface area (Å²) in [6, 6.07) is 0. The molecule has 37 heavy (non-hydrogen) atoms. The van der Waals surface area contributed by atoms with Crippen LogP contribution in [0.5, 0.6) is 0 Å². The van der Waals surface area contributed by atoms with Crippen LogP contribution in [0.2, 0.25) is 0 Å². The van der Waals surface area contributed by atoms with Gasteiger partial charge in [-0.15, -0.1) is 0 Å². The van der Waals surface area contributed by atoms with Crippen molar-refractivity contribution in [2.45, 2.75) is 180 Å². The summed E-state index contributed by atoms with van der Waals surface area (Å²) in [6.07, 6.45) is 44.9. The number of carbonyl (C=O) groups excluding carboxylic acids is 1. The van der Waals surface area contributed by atoms with Crippen LogP contribution in [0.3, 0.4) is 0 Å². The average Bonchev–Trinajstić information content (AvgIpc) is 3.22. The monoisotopic (exact) mass is 514 g/mol.